The topological polar surface area (TPSA) is 65.0 Å². The van der Waals surface area contributed by atoms with Gasteiger partial charge in [0.05, 0.1) is 0 Å². The zero-order chi connectivity index (χ0) is 40.7. The summed E-state index contributed by atoms with van der Waals surface area (Å²) in [6.07, 6.45) is 0. The van der Waals surface area contributed by atoms with Gasteiger partial charge in [-0.2, -0.15) is 0 Å². The molecule has 0 unspecified atom stereocenters. The molecular formula is C57H33N3O2. The van der Waals surface area contributed by atoms with Crippen LogP contribution < -0.4 is 0 Å². The van der Waals surface area contributed by atoms with Crippen LogP contribution in [0.2, 0.25) is 0 Å². The van der Waals surface area contributed by atoms with E-state index in [1.165, 1.54) is 16.3 Å². The van der Waals surface area contributed by atoms with Gasteiger partial charge in [-0.15, -0.1) is 0 Å². The lowest BCUT2D eigenvalue weighted by atomic mass is 9.92. The minimum Gasteiger partial charge on any atom is -0.456 e. The highest BCUT2D eigenvalue weighted by molar-refractivity contribution is 6.16. The monoisotopic (exact) mass is 791 g/mol. The molecule has 0 spiro atoms. The van der Waals surface area contributed by atoms with Gasteiger partial charge in [-0.25, -0.2) is 15.0 Å². The highest BCUT2D eigenvalue weighted by atomic mass is 16.3. The van der Waals surface area contributed by atoms with Gasteiger partial charge in [0.25, 0.3) is 0 Å². The summed E-state index contributed by atoms with van der Waals surface area (Å²) >= 11 is 0. The Labute approximate surface area is 355 Å². The molecule has 0 amide bonds. The molecule has 0 aliphatic heterocycles. The summed E-state index contributed by atoms with van der Waals surface area (Å²) in [6, 6.07) is 70.0. The van der Waals surface area contributed by atoms with E-state index in [-0.39, 0.29) is 0 Å². The van der Waals surface area contributed by atoms with E-state index in [1.807, 2.05) is 30.3 Å². The van der Waals surface area contributed by atoms with E-state index in [0.29, 0.717) is 17.5 Å². The number of nitrogens with zero attached hydrogens (tertiary/aromatic N) is 3. The summed E-state index contributed by atoms with van der Waals surface area (Å²) in [5, 5.41) is 11.2. The molecule has 288 valence electrons. The molecular weight excluding hydrogens is 759 g/mol. The third-order valence-corrected chi connectivity index (χ3v) is 12.3. The number of para-hydroxylation sites is 2. The van der Waals surface area contributed by atoms with Crippen molar-refractivity contribution in [3.8, 4) is 56.4 Å². The van der Waals surface area contributed by atoms with E-state index < -0.39 is 0 Å². The first-order valence-corrected chi connectivity index (χ1v) is 20.8. The van der Waals surface area contributed by atoms with Gasteiger partial charge >= 0.3 is 0 Å². The van der Waals surface area contributed by atoms with Crippen LogP contribution in [0.1, 0.15) is 0 Å². The van der Waals surface area contributed by atoms with Crippen molar-refractivity contribution < 1.29 is 8.83 Å². The van der Waals surface area contributed by atoms with Gasteiger partial charge in [-0.3, -0.25) is 0 Å². The standard InChI is InChI=1S/C57H33N3O2/c1-3-14-42-34(11-1)13-9-18-43(42)35-23-25-36(26-24-35)55-58-56(39-28-27-37-31-49-45-16-5-7-20-50(45)62-53(49)33-40(37)30-39)60-57(59-55)41-29-38-12-2-4-15-44(38)48(32-41)46-19-10-22-52-54(46)47-17-6-8-21-51(47)61-52/h1-33H. The molecule has 0 N–H and O–H groups in total. The Morgan fingerprint density at radius 3 is 1.63 bits per heavy atom. The van der Waals surface area contributed by atoms with Crippen LogP contribution in [0.4, 0.5) is 0 Å². The highest BCUT2D eigenvalue weighted by Gasteiger charge is 2.19. The lowest BCUT2D eigenvalue weighted by Gasteiger charge is -2.13. The number of hydrogen-bond acceptors (Lipinski definition) is 5. The van der Waals surface area contributed by atoms with Crippen LogP contribution in [0, 0.1) is 0 Å². The molecule has 13 rings (SSSR count). The Bertz CT molecular complexity index is 3930. The van der Waals surface area contributed by atoms with Gasteiger partial charge in [0.15, 0.2) is 17.5 Å². The normalized spacial score (nSPS) is 11.9. The van der Waals surface area contributed by atoms with E-state index in [4.69, 9.17) is 23.8 Å². The average molecular weight is 792 g/mol. The minimum absolute atomic E-state index is 0.590. The van der Waals surface area contributed by atoms with E-state index in [1.54, 1.807) is 0 Å². The van der Waals surface area contributed by atoms with Gasteiger partial charge < -0.3 is 8.83 Å². The second-order valence-electron chi connectivity index (χ2n) is 15.9. The third-order valence-electron chi connectivity index (χ3n) is 12.3. The predicted molar refractivity (Wildman–Crippen MR) is 254 cm³/mol. The maximum atomic E-state index is 6.36. The smallest absolute Gasteiger partial charge is 0.164 e. The third kappa shape index (κ3) is 5.52. The maximum Gasteiger partial charge on any atom is 0.164 e. The molecule has 3 aromatic heterocycles. The molecule has 0 aliphatic carbocycles. The summed E-state index contributed by atoms with van der Waals surface area (Å²) in [7, 11) is 0. The van der Waals surface area contributed by atoms with Gasteiger partial charge in [0, 0.05) is 38.2 Å². The molecule has 0 fully saturated rings. The number of furan rings is 2. The fourth-order valence-electron chi connectivity index (χ4n) is 9.31. The summed E-state index contributed by atoms with van der Waals surface area (Å²) < 4.78 is 12.7. The number of aromatic nitrogens is 3. The van der Waals surface area contributed by atoms with Crippen LogP contribution in [0.15, 0.2) is 209 Å². The SMILES string of the molecule is c1ccc2c(-c3ccc(-c4nc(-c5ccc6cc7c(cc6c5)oc5ccccc57)nc(-c5cc(-c6cccc7oc8ccccc8c67)c6ccccc6c5)n4)cc3)cccc2c1. The second kappa shape index (κ2) is 13.6. The van der Waals surface area contributed by atoms with E-state index >= 15 is 0 Å². The molecule has 0 saturated heterocycles. The van der Waals surface area contributed by atoms with Gasteiger partial charge in [-0.1, -0.05) is 152 Å². The second-order valence-corrected chi connectivity index (χ2v) is 15.9. The molecule has 62 heavy (non-hydrogen) atoms. The molecule has 5 heteroatoms. The molecule has 13 aromatic rings. The quantitative estimate of drug-likeness (QED) is 0.174. The number of rotatable bonds is 5. The Hall–Kier alpha value is -8.41. The van der Waals surface area contributed by atoms with Gasteiger partial charge in [0.2, 0.25) is 0 Å². The first kappa shape index (κ1) is 34.5. The molecule has 0 atom stereocenters. The first-order valence-electron chi connectivity index (χ1n) is 20.8. The van der Waals surface area contributed by atoms with Crippen molar-refractivity contribution in [2.75, 3.05) is 0 Å². The van der Waals surface area contributed by atoms with Crippen LogP contribution in [0.3, 0.4) is 0 Å². The van der Waals surface area contributed by atoms with Crippen molar-refractivity contribution in [3.63, 3.8) is 0 Å². The fraction of sp³-hybridized carbons (Fsp3) is 0. The largest absolute Gasteiger partial charge is 0.456 e. The van der Waals surface area contributed by atoms with E-state index in [9.17, 15) is 0 Å². The van der Waals surface area contributed by atoms with Crippen LogP contribution in [0.25, 0.3) is 133 Å². The van der Waals surface area contributed by atoms with E-state index in [2.05, 4.69) is 170 Å². The summed E-state index contributed by atoms with van der Waals surface area (Å²) in [4.78, 5) is 15.8. The van der Waals surface area contributed by atoms with Crippen LogP contribution in [-0.4, -0.2) is 15.0 Å². The van der Waals surface area contributed by atoms with Crippen molar-refractivity contribution in [2.45, 2.75) is 0 Å². The molecule has 3 heterocycles. The van der Waals surface area contributed by atoms with E-state index in [0.717, 1.165) is 98.8 Å². The molecule has 5 nitrogen and oxygen atoms in total. The van der Waals surface area contributed by atoms with Crippen molar-refractivity contribution >= 4 is 76.2 Å². The van der Waals surface area contributed by atoms with Gasteiger partial charge in [0.1, 0.15) is 22.3 Å². The molecule has 0 saturated carbocycles. The number of fused-ring (bicyclic) bond motifs is 9. The molecule has 0 radical (unpaired) electrons. The summed E-state index contributed by atoms with van der Waals surface area (Å²) in [6.45, 7) is 0. The van der Waals surface area contributed by atoms with Crippen LogP contribution in [0.5, 0.6) is 0 Å². The Balaban J connectivity index is 1.01. The zero-order valence-corrected chi connectivity index (χ0v) is 33.2. The zero-order valence-electron chi connectivity index (χ0n) is 33.2. The highest BCUT2D eigenvalue weighted by Crippen LogP contribution is 2.42. The lowest BCUT2D eigenvalue weighted by molar-refractivity contribution is 0.669. The summed E-state index contributed by atoms with van der Waals surface area (Å²) in [5.41, 5.74) is 10.6. The molecule has 10 aromatic carbocycles. The molecule has 0 aliphatic rings. The predicted octanol–water partition coefficient (Wildman–Crippen LogP) is 15.5. The van der Waals surface area contributed by atoms with Gasteiger partial charge in [-0.05, 0) is 103 Å². The van der Waals surface area contributed by atoms with Crippen LogP contribution >= 0.6 is 0 Å². The minimum atomic E-state index is 0.590. The Morgan fingerprint density at radius 1 is 0.258 bits per heavy atom. The first-order chi connectivity index (χ1) is 30.7. The van der Waals surface area contributed by atoms with Crippen molar-refractivity contribution in [2.24, 2.45) is 0 Å². The average Bonchev–Trinajstić information content (AvgIpc) is 3.90. The van der Waals surface area contributed by atoms with Crippen LogP contribution in [-0.2, 0) is 0 Å². The Kier molecular flexibility index (Phi) is 7.54. The van der Waals surface area contributed by atoms with Crippen molar-refractivity contribution in [1.82, 2.24) is 15.0 Å². The summed E-state index contributed by atoms with van der Waals surface area (Å²) in [5.74, 6) is 1.78. The van der Waals surface area contributed by atoms with Crippen molar-refractivity contribution in [1.29, 1.82) is 0 Å². The fourth-order valence-corrected chi connectivity index (χ4v) is 9.31. The Morgan fingerprint density at radius 2 is 0.806 bits per heavy atom. The number of hydrogen-bond donors (Lipinski definition) is 0. The lowest BCUT2D eigenvalue weighted by Crippen LogP contribution is -2.00. The molecule has 0 bridgehead atoms. The maximum absolute atomic E-state index is 6.36. The van der Waals surface area contributed by atoms with Crippen molar-refractivity contribution in [3.05, 3.63) is 200 Å². The number of benzene rings is 10.